The van der Waals surface area contributed by atoms with Crippen LogP contribution in [0.1, 0.15) is 0 Å². The van der Waals surface area contributed by atoms with Gasteiger partial charge in [0.2, 0.25) is 5.91 Å². The number of sulfone groups is 1. The minimum Gasteiger partial charge on any atom is -0.480 e. The van der Waals surface area contributed by atoms with Gasteiger partial charge in [-0.1, -0.05) is 0 Å². The maximum Gasteiger partial charge on any atom is 0.322 e. The SMILES string of the molecule is CS(=O)(=O)C1CSCCN1C(=O)NCC(=O)NCC(=O)O. The first kappa shape index (κ1) is 17.6. The van der Waals surface area contributed by atoms with Gasteiger partial charge in [0.15, 0.2) is 9.84 Å². The van der Waals surface area contributed by atoms with Gasteiger partial charge in [-0.05, 0) is 0 Å². The first-order valence-corrected chi connectivity index (χ1v) is 9.12. The van der Waals surface area contributed by atoms with Crippen molar-refractivity contribution in [3.63, 3.8) is 0 Å². The maximum atomic E-state index is 11.9. The summed E-state index contributed by atoms with van der Waals surface area (Å²) in [4.78, 5) is 34.7. The molecule has 1 rings (SSSR count). The van der Waals surface area contributed by atoms with Crippen LogP contribution in [0.15, 0.2) is 0 Å². The first-order valence-electron chi connectivity index (χ1n) is 6.01. The Morgan fingerprint density at radius 1 is 1.29 bits per heavy atom. The Morgan fingerprint density at radius 2 is 1.95 bits per heavy atom. The van der Waals surface area contributed by atoms with Gasteiger partial charge in [0.1, 0.15) is 11.9 Å². The summed E-state index contributed by atoms with van der Waals surface area (Å²) in [6.45, 7) is -0.682. The van der Waals surface area contributed by atoms with Gasteiger partial charge in [-0.3, -0.25) is 9.59 Å². The van der Waals surface area contributed by atoms with Crippen LogP contribution in [0.5, 0.6) is 0 Å². The molecule has 0 saturated carbocycles. The van der Waals surface area contributed by atoms with Crippen molar-refractivity contribution in [3.05, 3.63) is 0 Å². The molecule has 1 aliphatic heterocycles. The third-order valence-electron chi connectivity index (χ3n) is 2.68. The Morgan fingerprint density at radius 3 is 2.52 bits per heavy atom. The lowest BCUT2D eigenvalue weighted by atomic mass is 10.5. The minimum absolute atomic E-state index is 0.269. The van der Waals surface area contributed by atoms with E-state index >= 15 is 0 Å². The van der Waals surface area contributed by atoms with Gasteiger partial charge in [0, 0.05) is 24.3 Å². The minimum atomic E-state index is -3.41. The maximum absolute atomic E-state index is 11.9. The van der Waals surface area contributed by atoms with E-state index in [-0.39, 0.29) is 12.3 Å². The number of nitrogens with zero attached hydrogens (tertiary/aromatic N) is 1. The summed E-state index contributed by atoms with van der Waals surface area (Å²) in [7, 11) is -3.41. The highest BCUT2D eigenvalue weighted by atomic mass is 32.2. The molecular weight excluding hydrogens is 322 g/mol. The quantitative estimate of drug-likeness (QED) is 0.544. The molecule has 0 spiro atoms. The van der Waals surface area contributed by atoms with E-state index in [1.807, 2.05) is 0 Å². The average molecular weight is 339 g/mol. The normalized spacial score (nSPS) is 18.9. The second kappa shape index (κ2) is 7.50. The van der Waals surface area contributed by atoms with E-state index in [9.17, 15) is 22.8 Å². The van der Waals surface area contributed by atoms with Crippen molar-refractivity contribution in [1.29, 1.82) is 0 Å². The molecule has 0 bridgehead atoms. The number of urea groups is 1. The van der Waals surface area contributed by atoms with Crippen LogP contribution in [-0.2, 0) is 19.4 Å². The van der Waals surface area contributed by atoms with Crippen molar-refractivity contribution in [2.24, 2.45) is 0 Å². The van der Waals surface area contributed by atoms with Crippen LogP contribution in [-0.4, -0.2) is 79.1 Å². The van der Waals surface area contributed by atoms with Crippen molar-refractivity contribution < 1.29 is 27.9 Å². The summed E-state index contributed by atoms with van der Waals surface area (Å²) < 4.78 is 23.3. The number of carboxylic acid groups (broad SMARTS) is 1. The van der Waals surface area contributed by atoms with Crippen molar-refractivity contribution in [2.45, 2.75) is 5.37 Å². The number of hydrogen-bond acceptors (Lipinski definition) is 6. The lowest BCUT2D eigenvalue weighted by Crippen LogP contribution is -2.54. The van der Waals surface area contributed by atoms with E-state index in [1.54, 1.807) is 0 Å². The number of carbonyl (C=O) groups excluding carboxylic acids is 2. The highest BCUT2D eigenvalue weighted by Gasteiger charge is 2.34. The monoisotopic (exact) mass is 339 g/mol. The molecule has 1 aliphatic rings. The van der Waals surface area contributed by atoms with E-state index in [0.717, 1.165) is 6.26 Å². The molecule has 0 aliphatic carbocycles. The third-order valence-corrected chi connectivity index (χ3v) is 5.32. The molecule has 0 radical (unpaired) electrons. The second-order valence-corrected chi connectivity index (χ2v) is 7.73. The Balaban J connectivity index is 2.53. The topological polar surface area (TPSA) is 133 Å². The lowest BCUT2D eigenvalue weighted by molar-refractivity contribution is -0.137. The van der Waals surface area contributed by atoms with Crippen LogP contribution >= 0.6 is 11.8 Å². The molecule has 1 unspecified atom stereocenters. The molecule has 11 heteroatoms. The fourth-order valence-corrected chi connectivity index (χ4v) is 4.48. The van der Waals surface area contributed by atoms with Crippen LogP contribution < -0.4 is 10.6 Å². The number of thioether (sulfide) groups is 1. The molecule has 9 nitrogen and oxygen atoms in total. The summed E-state index contributed by atoms with van der Waals surface area (Å²) in [5, 5.41) is 11.8. The zero-order valence-electron chi connectivity index (χ0n) is 11.4. The number of amides is 3. The first-order chi connectivity index (χ1) is 9.71. The predicted molar refractivity (Wildman–Crippen MR) is 76.7 cm³/mol. The highest BCUT2D eigenvalue weighted by Crippen LogP contribution is 2.20. The molecule has 0 aromatic heterocycles. The third kappa shape index (κ3) is 5.79. The molecule has 21 heavy (non-hydrogen) atoms. The zero-order valence-corrected chi connectivity index (χ0v) is 13.0. The molecule has 120 valence electrons. The summed E-state index contributed by atoms with van der Waals surface area (Å²) in [6, 6.07) is -0.656. The number of carbonyl (C=O) groups is 3. The largest absolute Gasteiger partial charge is 0.480 e. The standard InChI is InChI=1S/C10H17N3O6S2/c1-21(18,19)8-6-20-3-2-13(8)10(17)12-4-7(14)11-5-9(15)16/h8H,2-6H2,1H3,(H,11,14)(H,12,17)(H,15,16). The van der Waals surface area contributed by atoms with Crippen LogP contribution in [0.25, 0.3) is 0 Å². The number of carboxylic acids is 1. The molecule has 0 aromatic rings. The Kier molecular flexibility index (Phi) is 6.27. The fraction of sp³-hybridized carbons (Fsp3) is 0.700. The average Bonchev–Trinajstić information content (AvgIpc) is 2.41. The number of nitrogens with one attached hydrogen (secondary N) is 2. The number of hydrogen-bond donors (Lipinski definition) is 3. The van der Waals surface area contributed by atoms with Crippen molar-refractivity contribution in [1.82, 2.24) is 15.5 Å². The second-order valence-electron chi connectivity index (χ2n) is 4.38. The van der Waals surface area contributed by atoms with Crippen molar-refractivity contribution in [2.75, 3.05) is 37.4 Å². The van der Waals surface area contributed by atoms with Crippen molar-refractivity contribution in [3.8, 4) is 0 Å². The molecule has 3 amide bonds. The summed E-state index contributed by atoms with van der Waals surface area (Å²) in [5.41, 5.74) is 0. The zero-order chi connectivity index (χ0) is 16.0. The Labute approximate surface area is 126 Å². The summed E-state index contributed by atoms with van der Waals surface area (Å²) in [6.07, 6.45) is 1.06. The van der Waals surface area contributed by atoms with E-state index < -0.39 is 46.2 Å². The Hall–Kier alpha value is -1.49. The van der Waals surface area contributed by atoms with Gasteiger partial charge in [-0.15, -0.1) is 0 Å². The van der Waals surface area contributed by atoms with Gasteiger partial charge >= 0.3 is 12.0 Å². The lowest BCUT2D eigenvalue weighted by Gasteiger charge is -2.33. The van der Waals surface area contributed by atoms with Gasteiger partial charge in [-0.2, -0.15) is 11.8 Å². The summed E-state index contributed by atoms with van der Waals surface area (Å²) >= 11 is 1.44. The fourth-order valence-electron chi connectivity index (χ4n) is 1.66. The van der Waals surface area contributed by atoms with Crippen LogP contribution in [0.2, 0.25) is 0 Å². The van der Waals surface area contributed by atoms with E-state index in [0.29, 0.717) is 5.75 Å². The molecule has 1 saturated heterocycles. The molecule has 3 N–H and O–H groups in total. The van der Waals surface area contributed by atoms with E-state index in [2.05, 4.69) is 10.6 Å². The van der Waals surface area contributed by atoms with Gasteiger partial charge in [-0.25, -0.2) is 13.2 Å². The number of rotatable bonds is 5. The molecular formula is C10H17N3O6S2. The van der Waals surface area contributed by atoms with E-state index in [4.69, 9.17) is 5.11 Å². The van der Waals surface area contributed by atoms with E-state index in [1.165, 1.54) is 16.7 Å². The van der Waals surface area contributed by atoms with Gasteiger partial charge in [0.25, 0.3) is 0 Å². The Bertz CT molecular complexity index is 521. The highest BCUT2D eigenvalue weighted by molar-refractivity contribution is 8.00. The van der Waals surface area contributed by atoms with Gasteiger partial charge < -0.3 is 20.6 Å². The van der Waals surface area contributed by atoms with Crippen LogP contribution in [0.3, 0.4) is 0 Å². The smallest absolute Gasteiger partial charge is 0.322 e. The molecule has 0 aromatic carbocycles. The summed E-state index contributed by atoms with van der Waals surface area (Å²) in [5.74, 6) is -0.949. The van der Waals surface area contributed by atoms with Crippen molar-refractivity contribution >= 4 is 39.5 Å². The molecule has 1 atom stereocenters. The van der Waals surface area contributed by atoms with Crippen LogP contribution in [0, 0.1) is 0 Å². The molecule has 1 fully saturated rings. The molecule has 1 heterocycles. The number of aliphatic carboxylic acids is 1. The van der Waals surface area contributed by atoms with Crippen LogP contribution in [0.4, 0.5) is 4.79 Å². The predicted octanol–water partition coefficient (Wildman–Crippen LogP) is -1.68. The van der Waals surface area contributed by atoms with Gasteiger partial charge in [0.05, 0.1) is 6.54 Å².